The lowest BCUT2D eigenvalue weighted by Crippen LogP contribution is -2.14. The van der Waals surface area contributed by atoms with Crippen LogP contribution < -0.4 is 11.3 Å². The number of nitrogens with two attached hydrogens (primary N) is 1. The smallest absolute Gasteiger partial charge is 0.147 e. The van der Waals surface area contributed by atoms with E-state index in [-0.39, 0.29) is 0 Å². The van der Waals surface area contributed by atoms with E-state index in [4.69, 9.17) is 5.84 Å². The number of nitrogens with zero attached hydrogens (tertiary/aromatic N) is 2. The molecule has 0 fully saturated rings. The fourth-order valence-corrected chi connectivity index (χ4v) is 2.98. The van der Waals surface area contributed by atoms with Crippen LogP contribution in [0.5, 0.6) is 0 Å². The minimum Gasteiger partial charge on any atom is -0.308 e. The van der Waals surface area contributed by atoms with Crippen LogP contribution in [0, 0.1) is 13.8 Å². The van der Waals surface area contributed by atoms with Gasteiger partial charge in [-0.2, -0.15) is 0 Å². The molecule has 0 radical (unpaired) electrons. The SMILES string of the molecule is CCc1c(C)nc(CSc2cccc(C)c2)nc1NN. The van der Waals surface area contributed by atoms with Crippen molar-refractivity contribution in [2.75, 3.05) is 5.43 Å². The first kappa shape index (κ1) is 14.8. The van der Waals surface area contributed by atoms with Crippen LogP contribution in [0.25, 0.3) is 0 Å². The lowest BCUT2D eigenvalue weighted by Gasteiger charge is -2.11. The zero-order chi connectivity index (χ0) is 14.5. The van der Waals surface area contributed by atoms with Gasteiger partial charge < -0.3 is 5.43 Å². The van der Waals surface area contributed by atoms with Crippen LogP contribution in [-0.4, -0.2) is 9.97 Å². The summed E-state index contributed by atoms with van der Waals surface area (Å²) in [7, 11) is 0. The van der Waals surface area contributed by atoms with E-state index in [0.717, 1.165) is 35.1 Å². The number of hydrazine groups is 1. The van der Waals surface area contributed by atoms with E-state index in [0.29, 0.717) is 0 Å². The monoisotopic (exact) mass is 288 g/mol. The molecule has 0 atom stereocenters. The van der Waals surface area contributed by atoms with Gasteiger partial charge in [-0.3, -0.25) is 0 Å². The van der Waals surface area contributed by atoms with E-state index in [1.54, 1.807) is 11.8 Å². The molecule has 0 unspecified atom stereocenters. The van der Waals surface area contributed by atoms with Gasteiger partial charge in [0.1, 0.15) is 11.6 Å². The fraction of sp³-hybridized carbons (Fsp3) is 0.333. The summed E-state index contributed by atoms with van der Waals surface area (Å²) in [5, 5.41) is 0. The number of hydrogen-bond donors (Lipinski definition) is 2. The second kappa shape index (κ2) is 6.72. The molecule has 3 N–H and O–H groups in total. The summed E-state index contributed by atoms with van der Waals surface area (Å²) in [5.41, 5.74) is 6.01. The molecular weight excluding hydrogens is 268 g/mol. The van der Waals surface area contributed by atoms with Gasteiger partial charge in [0.2, 0.25) is 0 Å². The Kier molecular flexibility index (Phi) is 4.98. The van der Waals surface area contributed by atoms with E-state index >= 15 is 0 Å². The van der Waals surface area contributed by atoms with Gasteiger partial charge in [-0.05, 0) is 32.4 Å². The van der Waals surface area contributed by atoms with Crippen LogP contribution in [0.1, 0.15) is 29.6 Å². The number of anilines is 1. The van der Waals surface area contributed by atoms with Crippen LogP contribution in [-0.2, 0) is 12.2 Å². The first-order chi connectivity index (χ1) is 9.63. The van der Waals surface area contributed by atoms with Crippen LogP contribution >= 0.6 is 11.8 Å². The summed E-state index contributed by atoms with van der Waals surface area (Å²) in [5.74, 6) is 7.82. The van der Waals surface area contributed by atoms with E-state index in [1.807, 2.05) is 6.92 Å². The van der Waals surface area contributed by atoms with Crippen molar-refractivity contribution < 1.29 is 0 Å². The van der Waals surface area contributed by atoms with E-state index in [2.05, 4.69) is 53.5 Å². The zero-order valence-electron chi connectivity index (χ0n) is 12.1. The molecule has 106 valence electrons. The molecule has 20 heavy (non-hydrogen) atoms. The van der Waals surface area contributed by atoms with Gasteiger partial charge >= 0.3 is 0 Å². The second-order valence-corrected chi connectivity index (χ2v) is 5.70. The highest BCUT2D eigenvalue weighted by Gasteiger charge is 2.09. The normalized spacial score (nSPS) is 10.6. The van der Waals surface area contributed by atoms with Gasteiger partial charge in [-0.1, -0.05) is 24.6 Å². The largest absolute Gasteiger partial charge is 0.308 e. The highest BCUT2D eigenvalue weighted by Crippen LogP contribution is 2.24. The topological polar surface area (TPSA) is 63.8 Å². The molecule has 4 nitrogen and oxygen atoms in total. The summed E-state index contributed by atoms with van der Waals surface area (Å²) < 4.78 is 0. The third-order valence-electron chi connectivity index (χ3n) is 3.11. The predicted molar refractivity (Wildman–Crippen MR) is 84.7 cm³/mol. The molecule has 1 aromatic carbocycles. The Morgan fingerprint density at radius 1 is 1.25 bits per heavy atom. The molecule has 5 heteroatoms. The number of aryl methyl sites for hydroxylation is 2. The molecule has 0 aliphatic carbocycles. The molecule has 0 aliphatic heterocycles. The number of aromatic nitrogens is 2. The van der Waals surface area contributed by atoms with E-state index < -0.39 is 0 Å². The minimum atomic E-state index is 0.736. The molecule has 1 aromatic heterocycles. The lowest BCUT2D eigenvalue weighted by atomic mass is 10.2. The first-order valence-electron chi connectivity index (χ1n) is 6.66. The molecule has 0 amide bonds. The van der Waals surface area contributed by atoms with Crippen molar-refractivity contribution >= 4 is 17.6 Å². The van der Waals surface area contributed by atoms with Crippen molar-refractivity contribution in [2.24, 2.45) is 5.84 Å². The Morgan fingerprint density at radius 2 is 2.05 bits per heavy atom. The van der Waals surface area contributed by atoms with Crippen molar-refractivity contribution in [3.05, 3.63) is 46.9 Å². The van der Waals surface area contributed by atoms with Gasteiger partial charge in [-0.15, -0.1) is 11.8 Å². The van der Waals surface area contributed by atoms with Crippen molar-refractivity contribution in [1.29, 1.82) is 0 Å². The minimum absolute atomic E-state index is 0.736. The van der Waals surface area contributed by atoms with Gasteiger partial charge in [0.25, 0.3) is 0 Å². The average Bonchev–Trinajstić information content (AvgIpc) is 2.44. The van der Waals surface area contributed by atoms with Crippen molar-refractivity contribution in [3.8, 4) is 0 Å². The maximum atomic E-state index is 5.54. The Hall–Kier alpha value is -1.59. The summed E-state index contributed by atoms with van der Waals surface area (Å²) in [4.78, 5) is 10.3. The molecule has 2 aromatic rings. The third-order valence-corrected chi connectivity index (χ3v) is 4.10. The summed E-state index contributed by atoms with van der Waals surface area (Å²) in [6.45, 7) is 6.17. The summed E-state index contributed by atoms with van der Waals surface area (Å²) in [6.07, 6.45) is 0.872. The maximum Gasteiger partial charge on any atom is 0.147 e. The van der Waals surface area contributed by atoms with Gasteiger partial charge in [-0.25, -0.2) is 15.8 Å². The molecule has 1 heterocycles. The van der Waals surface area contributed by atoms with E-state index in [1.165, 1.54) is 10.5 Å². The van der Waals surface area contributed by atoms with Crippen LogP contribution in [0.15, 0.2) is 29.2 Å². The zero-order valence-corrected chi connectivity index (χ0v) is 12.9. The first-order valence-corrected chi connectivity index (χ1v) is 7.65. The van der Waals surface area contributed by atoms with E-state index in [9.17, 15) is 0 Å². The van der Waals surface area contributed by atoms with Crippen LogP contribution in [0.2, 0.25) is 0 Å². The number of hydrogen-bond acceptors (Lipinski definition) is 5. The van der Waals surface area contributed by atoms with Gasteiger partial charge in [0, 0.05) is 16.2 Å². The van der Waals surface area contributed by atoms with Gasteiger partial charge in [0.15, 0.2) is 0 Å². The molecule has 2 rings (SSSR count). The van der Waals surface area contributed by atoms with Crippen molar-refractivity contribution in [1.82, 2.24) is 9.97 Å². The van der Waals surface area contributed by atoms with Crippen LogP contribution in [0.4, 0.5) is 5.82 Å². The molecule has 0 bridgehead atoms. The second-order valence-electron chi connectivity index (χ2n) is 4.66. The highest BCUT2D eigenvalue weighted by atomic mass is 32.2. The number of thioether (sulfide) groups is 1. The Labute approximate surface area is 124 Å². The molecule has 0 saturated carbocycles. The number of nitrogens with one attached hydrogen (secondary N) is 1. The number of benzene rings is 1. The summed E-state index contributed by atoms with van der Waals surface area (Å²) in [6, 6.07) is 8.43. The van der Waals surface area contributed by atoms with Gasteiger partial charge in [0.05, 0.1) is 5.75 Å². The van der Waals surface area contributed by atoms with Crippen LogP contribution in [0.3, 0.4) is 0 Å². The quantitative estimate of drug-likeness (QED) is 0.502. The molecule has 0 saturated heterocycles. The fourth-order valence-electron chi connectivity index (χ4n) is 2.11. The number of rotatable bonds is 5. The Bertz CT molecular complexity index is 598. The lowest BCUT2D eigenvalue weighted by molar-refractivity contribution is 0.935. The molecule has 0 spiro atoms. The standard InChI is InChI=1S/C15H20N4S/c1-4-13-11(3)17-14(18-15(13)19-16)9-20-12-7-5-6-10(2)8-12/h5-8H,4,9,16H2,1-3H3,(H,17,18,19). The average molecular weight is 288 g/mol. The Balaban J connectivity index is 2.16. The maximum absolute atomic E-state index is 5.54. The summed E-state index contributed by atoms with van der Waals surface area (Å²) >= 11 is 1.74. The van der Waals surface area contributed by atoms with Crippen molar-refractivity contribution in [2.45, 2.75) is 37.8 Å². The molecule has 0 aliphatic rings. The predicted octanol–water partition coefficient (Wildman–Crippen LogP) is 3.23. The van der Waals surface area contributed by atoms with Crippen molar-refractivity contribution in [3.63, 3.8) is 0 Å². The Morgan fingerprint density at radius 3 is 2.70 bits per heavy atom. The highest BCUT2D eigenvalue weighted by molar-refractivity contribution is 7.98. The molecular formula is C15H20N4S. The third kappa shape index (κ3) is 3.49. The number of nitrogen functional groups attached to an aromatic ring is 1.